The molecule has 0 aliphatic heterocycles. The van der Waals surface area contributed by atoms with Gasteiger partial charge in [-0.25, -0.2) is 9.97 Å². The summed E-state index contributed by atoms with van der Waals surface area (Å²) < 4.78 is 2.63. The van der Waals surface area contributed by atoms with Crippen molar-refractivity contribution in [2.75, 3.05) is 0 Å². The van der Waals surface area contributed by atoms with E-state index < -0.39 is 5.41 Å². The number of rotatable bonds is 7. The third kappa shape index (κ3) is 5.78. The highest BCUT2D eigenvalue weighted by atomic mass is 32.1. The van der Waals surface area contributed by atoms with E-state index in [1.54, 1.807) is 0 Å². The Morgan fingerprint density at radius 1 is 0.323 bits per heavy atom. The van der Waals surface area contributed by atoms with E-state index in [2.05, 4.69) is 224 Å². The standard InChI is InChI=1S/C59H38N2S/c1-4-17-41(18-5-1)58-60-54(40-33-31-39(32-34-40)45-23-10-11-24-46(45)49-27-16-28-50-48-26-13-15-30-56(48)62-57(49)50)38-55(61-58)42-35-36-53-51(37-42)47-25-12-14-29-52(47)59(53,43-19-6-2-7-20-43)44-21-8-3-9-22-44/h1-38H. The van der Waals surface area contributed by atoms with E-state index >= 15 is 0 Å². The second-order valence-corrected chi connectivity index (χ2v) is 17.1. The van der Waals surface area contributed by atoms with Crippen LogP contribution >= 0.6 is 11.3 Å². The number of aromatic nitrogens is 2. The van der Waals surface area contributed by atoms with Gasteiger partial charge in [0.25, 0.3) is 0 Å². The van der Waals surface area contributed by atoms with Crippen molar-refractivity contribution in [1.82, 2.24) is 9.97 Å². The van der Waals surface area contributed by atoms with Gasteiger partial charge in [0.1, 0.15) is 0 Å². The highest BCUT2D eigenvalue weighted by Crippen LogP contribution is 2.56. The molecule has 0 unspecified atom stereocenters. The van der Waals surface area contributed by atoms with E-state index in [0.717, 1.165) is 33.6 Å². The summed E-state index contributed by atoms with van der Waals surface area (Å²) in [6.45, 7) is 0. The van der Waals surface area contributed by atoms with Crippen molar-refractivity contribution in [3.63, 3.8) is 0 Å². The molecule has 3 heteroatoms. The molecule has 9 aromatic carbocycles. The molecule has 0 spiro atoms. The molecule has 0 bridgehead atoms. The number of nitrogens with zero attached hydrogens (tertiary/aromatic N) is 2. The minimum atomic E-state index is -0.455. The third-order valence-electron chi connectivity index (χ3n) is 12.6. The first-order valence-electron chi connectivity index (χ1n) is 21.1. The number of fused-ring (bicyclic) bond motifs is 6. The fraction of sp³-hybridized carbons (Fsp3) is 0.0169. The molecule has 1 aliphatic carbocycles. The van der Waals surface area contributed by atoms with E-state index in [9.17, 15) is 0 Å². The van der Waals surface area contributed by atoms with Gasteiger partial charge < -0.3 is 0 Å². The Balaban J connectivity index is 0.980. The van der Waals surface area contributed by atoms with Crippen LogP contribution in [0.1, 0.15) is 22.3 Å². The van der Waals surface area contributed by atoms with Crippen LogP contribution < -0.4 is 0 Å². The predicted octanol–water partition coefficient (Wildman–Crippen LogP) is 15.5. The van der Waals surface area contributed by atoms with Gasteiger partial charge in [-0.15, -0.1) is 11.3 Å². The summed E-state index contributed by atoms with van der Waals surface area (Å²) >= 11 is 1.87. The summed E-state index contributed by atoms with van der Waals surface area (Å²) in [5.74, 6) is 0.702. The van der Waals surface area contributed by atoms with Crippen molar-refractivity contribution in [2.24, 2.45) is 0 Å². The normalized spacial score (nSPS) is 12.6. The molecule has 2 aromatic heterocycles. The monoisotopic (exact) mass is 806 g/mol. The topological polar surface area (TPSA) is 25.8 Å². The maximum Gasteiger partial charge on any atom is 0.160 e. The van der Waals surface area contributed by atoms with Crippen molar-refractivity contribution >= 4 is 31.5 Å². The van der Waals surface area contributed by atoms with E-state index in [0.29, 0.717) is 5.82 Å². The fourth-order valence-electron chi connectivity index (χ4n) is 9.82. The maximum atomic E-state index is 5.27. The van der Waals surface area contributed by atoms with Crippen LogP contribution in [-0.4, -0.2) is 9.97 Å². The highest BCUT2D eigenvalue weighted by Gasteiger charge is 2.46. The van der Waals surface area contributed by atoms with E-state index in [4.69, 9.17) is 9.97 Å². The minimum absolute atomic E-state index is 0.455. The van der Waals surface area contributed by atoms with Gasteiger partial charge in [-0.3, -0.25) is 0 Å². The van der Waals surface area contributed by atoms with Crippen LogP contribution in [-0.2, 0) is 5.41 Å². The zero-order valence-corrected chi connectivity index (χ0v) is 34.6. The number of thiophene rings is 1. The van der Waals surface area contributed by atoms with Gasteiger partial charge in [0, 0.05) is 42.4 Å². The Kier molecular flexibility index (Phi) is 8.62. The SMILES string of the molecule is c1ccc(-c2nc(-c3ccc(-c4ccccc4-c4cccc5c4sc4ccccc45)cc3)cc(-c3ccc4c(c3)-c3ccccc3C4(c3ccccc3)c3ccccc3)n2)cc1. The Labute approximate surface area is 365 Å². The first kappa shape index (κ1) is 36.2. The Bertz CT molecular complexity index is 3400. The van der Waals surface area contributed by atoms with Crippen LogP contribution in [0.2, 0.25) is 0 Å². The molecule has 0 atom stereocenters. The molecule has 12 rings (SSSR count). The number of hydrogen-bond acceptors (Lipinski definition) is 3. The second kappa shape index (κ2) is 14.8. The van der Waals surface area contributed by atoms with Crippen molar-refractivity contribution in [3.05, 3.63) is 253 Å². The average Bonchev–Trinajstić information content (AvgIpc) is 3.89. The quantitative estimate of drug-likeness (QED) is 0.160. The predicted molar refractivity (Wildman–Crippen MR) is 259 cm³/mol. The molecule has 0 saturated carbocycles. The molecule has 62 heavy (non-hydrogen) atoms. The lowest BCUT2D eigenvalue weighted by molar-refractivity contribution is 0.768. The van der Waals surface area contributed by atoms with Crippen LogP contribution in [0.4, 0.5) is 0 Å². The fourth-order valence-corrected chi connectivity index (χ4v) is 11.0. The van der Waals surface area contributed by atoms with E-state index in [-0.39, 0.29) is 0 Å². The molecular weight excluding hydrogens is 769 g/mol. The first-order chi connectivity index (χ1) is 30.7. The van der Waals surface area contributed by atoms with Gasteiger partial charge in [-0.1, -0.05) is 212 Å². The number of benzene rings is 9. The second-order valence-electron chi connectivity index (χ2n) is 16.0. The average molecular weight is 807 g/mol. The lowest BCUT2D eigenvalue weighted by atomic mass is 9.67. The van der Waals surface area contributed by atoms with Gasteiger partial charge in [0.2, 0.25) is 0 Å². The summed E-state index contributed by atoms with van der Waals surface area (Å²) in [5, 5.41) is 2.62. The summed E-state index contributed by atoms with van der Waals surface area (Å²) in [4.78, 5) is 10.5. The molecule has 2 heterocycles. The summed E-state index contributed by atoms with van der Waals surface area (Å²) in [6.07, 6.45) is 0. The molecule has 0 fully saturated rings. The van der Waals surface area contributed by atoms with E-state index in [1.165, 1.54) is 70.2 Å². The first-order valence-corrected chi connectivity index (χ1v) is 22.0. The molecule has 2 nitrogen and oxygen atoms in total. The maximum absolute atomic E-state index is 5.27. The number of hydrogen-bond donors (Lipinski definition) is 0. The zero-order valence-electron chi connectivity index (χ0n) is 33.7. The highest BCUT2D eigenvalue weighted by molar-refractivity contribution is 7.26. The third-order valence-corrected chi connectivity index (χ3v) is 13.8. The Morgan fingerprint density at radius 2 is 0.855 bits per heavy atom. The van der Waals surface area contributed by atoms with Gasteiger partial charge >= 0.3 is 0 Å². The van der Waals surface area contributed by atoms with Gasteiger partial charge in [-0.2, -0.15) is 0 Å². The Morgan fingerprint density at radius 3 is 1.60 bits per heavy atom. The largest absolute Gasteiger partial charge is 0.228 e. The molecule has 0 amide bonds. The van der Waals surface area contributed by atoms with Crippen molar-refractivity contribution in [3.8, 4) is 67.3 Å². The van der Waals surface area contributed by atoms with Gasteiger partial charge in [0.05, 0.1) is 16.8 Å². The van der Waals surface area contributed by atoms with Crippen molar-refractivity contribution in [1.29, 1.82) is 0 Å². The molecular formula is C59H38N2S. The van der Waals surface area contributed by atoms with Crippen LogP contribution in [0.15, 0.2) is 231 Å². The summed E-state index contributed by atoms with van der Waals surface area (Å²) in [5.41, 5.74) is 16.8. The molecule has 0 radical (unpaired) electrons. The lowest BCUT2D eigenvalue weighted by Gasteiger charge is -2.33. The Hall–Kier alpha value is -7.72. The smallest absolute Gasteiger partial charge is 0.160 e. The van der Waals surface area contributed by atoms with Crippen molar-refractivity contribution in [2.45, 2.75) is 5.41 Å². The zero-order chi connectivity index (χ0) is 41.0. The molecule has 290 valence electrons. The lowest BCUT2D eigenvalue weighted by Crippen LogP contribution is -2.28. The van der Waals surface area contributed by atoms with Crippen LogP contribution in [0.25, 0.3) is 87.5 Å². The van der Waals surface area contributed by atoms with Crippen LogP contribution in [0.3, 0.4) is 0 Å². The van der Waals surface area contributed by atoms with Crippen LogP contribution in [0, 0.1) is 0 Å². The summed E-state index contributed by atoms with van der Waals surface area (Å²) in [7, 11) is 0. The molecule has 0 saturated heterocycles. The molecule has 11 aromatic rings. The van der Waals surface area contributed by atoms with Crippen LogP contribution in [0.5, 0.6) is 0 Å². The molecule has 0 N–H and O–H groups in total. The minimum Gasteiger partial charge on any atom is -0.228 e. The summed E-state index contributed by atoms with van der Waals surface area (Å²) in [6, 6.07) is 83.3. The van der Waals surface area contributed by atoms with Gasteiger partial charge in [0.15, 0.2) is 5.82 Å². The molecule has 1 aliphatic rings. The van der Waals surface area contributed by atoms with Crippen molar-refractivity contribution < 1.29 is 0 Å². The van der Waals surface area contributed by atoms with Gasteiger partial charge in [-0.05, 0) is 68.3 Å². The van der Waals surface area contributed by atoms with E-state index in [1.807, 2.05) is 17.4 Å².